The third-order valence-electron chi connectivity index (χ3n) is 4.87. The fourth-order valence-corrected chi connectivity index (χ4v) is 3.15. The van der Waals surface area contributed by atoms with E-state index < -0.39 is 48.2 Å². The van der Waals surface area contributed by atoms with Crippen LogP contribution in [0.2, 0.25) is 0 Å². The highest BCUT2D eigenvalue weighted by atomic mass is 16.5. The molecule has 0 aliphatic carbocycles. The lowest BCUT2D eigenvalue weighted by Crippen LogP contribution is -2.52. The van der Waals surface area contributed by atoms with Gasteiger partial charge in [0.1, 0.15) is 12.6 Å². The number of alkyl carbamates (subject to hydrolysis) is 1. The van der Waals surface area contributed by atoms with Crippen molar-refractivity contribution < 1.29 is 38.2 Å². The van der Waals surface area contributed by atoms with Crippen LogP contribution in [0.25, 0.3) is 0 Å². The first-order valence-electron chi connectivity index (χ1n) is 11.6. The standard InChI is InChI=1S/C24H35N3O8/c1-3-33-20(29)15-18(23(31)34-4-2)21(22(25)30)27-19(28)13-9-6-10-14-26-24(32)35-16-17-11-7-5-8-12-17/h5,7-8,11-12,18,21H,3-4,6,9-10,13-16H2,1-2H3,(H2,25,30)(H,26,32)(H,27,28)/t18-,21+/m1/s1. The number of ether oxygens (including phenoxy) is 3. The number of nitrogens with two attached hydrogens (primary N) is 1. The molecular formula is C24H35N3O8. The maximum atomic E-state index is 12.3. The molecule has 11 heteroatoms. The largest absolute Gasteiger partial charge is 0.466 e. The number of nitrogens with one attached hydrogen (secondary N) is 2. The number of carbonyl (C=O) groups excluding carboxylic acids is 5. The van der Waals surface area contributed by atoms with Gasteiger partial charge in [0.05, 0.1) is 25.6 Å². The molecule has 0 bridgehead atoms. The van der Waals surface area contributed by atoms with E-state index in [1.165, 1.54) is 0 Å². The Morgan fingerprint density at radius 3 is 2.23 bits per heavy atom. The first kappa shape index (κ1) is 29.4. The first-order chi connectivity index (χ1) is 16.8. The van der Waals surface area contributed by atoms with Crippen LogP contribution in [0.15, 0.2) is 30.3 Å². The molecule has 0 aliphatic rings. The Kier molecular flexibility index (Phi) is 14.2. The second kappa shape index (κ2) is 16.9. The number of hydrogen-bond acceptors (Lipinski definition) is 8. The molecule has 0 saturated heterocycles. The van der Waals surface area contributed by atoms with Crippen molar-refractivity contribution in [3.05, 3.63) is 35.9 Å². The molecule has 1 aromatic carbocycles. The van der Waals surface area contributed by atoms with Crippen LogP contribution in [-0.2, 0) is 40.0 Å². The topological polar surface area (TPSA) is 163 Å². The molecule has 0 aromatic heterocycles. The van der Waals surface area contributed by atoms with Crippen molar-refractivity contribution in [2.45, 2.75) is 58.6 Å². The van der Waals surface area contributed by atoms with E-state index in [9.17, 15) is 24.0 Å². The van der Waals surface area contributed by atoms with Crippen molar-refractivity contribution in [3.63, 3.8) is 0 Å². The van der Waals surface area contributed by atoms with E-state index in [1.54, 1.807) is 13.8 Å². The average Bonchev–Trinajstić information content (AvgIpc) is 2.83. The smallest absolute Gasteiger partial charge is 0.407 e. The van der Waals surface area contributed by atoms with Crippen molar-refractivity contribution in [3.8, 4) is 0 Å². The molecule has 194 valence electrons. The Labute approximate surface area is 205 Å². The predicted molar refractivity (Wildman–Crippen MR) is 126 cm³/mol. The van der Waals surface area contributed by atoms with E-state index in [4.69, 9.17) is 19.9 Å². The average molecular weight is 494 g/mol. The summed E-state index contributed by atoms with van der Waals surface area (Å²) in [6.45, 7) is 3.87. The predicted octanol–water partition coefficient (Wildman–Crippen LogP) is 1.58. The molecule has 0 aliphatic heterocycles. The summed E-state index contributed by atoms with van der Waals surface area (Å²) >= 11 is 0. The molecule has 0 unspecified atom stereocenters. The minimum Gasteiger partial charge on any atom is -0.466 e. The van der Waals surface area contributed by atoms with Crippen molar-refractivity contribution >= 4 is 29.8 Å². The molecule has 0 fully saturated rings. The molecule has 11 nitrogen and oxygen atoms in total. The van der Waals surface area contributed by atoms with Crippen LogP contribution < -0.4 is 16.4 Å². The normalized spacial score (nSPS) is 12.1. The van der Waals surface area contributed by atoms with E-state index in [0.29, 0.717) is 25.8 Å². The minimum atomic E-state index is -1.41. The highest BCUT2D eigenvalue weighted by Gasteiger charge is 2.37. The Bertz CT molecular complexity index is 831. The molecule has 0 radical (unpaired) electrons. The van der Waals surface area contributed by atoms with Gasteiger partial charge in [-0.1, -0.05) is 36.8 Å². The summed E-state index contributed by atoms with van der Waals surface area (Å²) in [5, 5.41) is 5.07. The van der Waals surface area contributed by atoms with Gasteiger partial charge in [-0.3, -0.25) is 19.2 Å². The molecule has 0 saturated carbocycles. The number of primary amides is 1. The molecule has 4 N–H and O–H groups in total. The maximum absolute atomic E-state index is 12.3. The molecule has 0 spiro atoms. The number of carbonyl (C=O) groups is 5. The van der Waals surface area contributed by atoms with Gasteiger partial charge < -0.3 is 30.6 Å². The summed E-state index contributed by atoms with van der Waals surface area (Å²) in [7, 11) is 0. The lowest BCUT2D eigenvalue weighted by atomic mass is 9.95. The van der Waals surface area contributed by atoms with Gasteiger partial charge in [-0.15, -0.1) is 0 Å². The summed E-state index contributed by atoms with van der Waals surface area (Å²) in [5.74, 6) is -4.28. The Balaban J connectivity index is 2.40. The van der Waals surface area contributed by atoms with E-state index >= 15 is 0 Å². The molecule has 0 heterocycles. The molecule has 35 heavy (non-hydrogen) atoms. The lowest BCUT2D eigenvalue weighted by molar-refractivity contribution is -0.157. The summed E-state index contributed by atoms with van der Waals surface area (Å²) in [4.78, 5) is 60.2. The summed E-state index contributed by atoms with van der Waals surface area (Å²) < 4.78 is 14.9. The third kappa shape index (κ3) is 12.4. The van der Waals surface area contributed by atoms with Gasteiger partial charge in [0.2, 0.25) is 11.8 Å². The van der Waals surface area contributed by atoms with Crippen molar-refractivity contribution in [2.75, 3.05) is 19.8 Å². The summed E-state index contributed by atoms with van der Waals surface area (Å²) in [5.41, 5.74) is 6.27. The van der Waals surface area contributed by atoms with E-state index in [1.807, 2.05) is 30.3 Å². The maximum Gasteiger partial charge on any atom is 0.407 e. The van der Waals surface area contributed by atoms with E-state index in [0.717, 1.165) is 5.56 Å². The van der Waals surface area contributed by atoms with Gasteiger partial charge in [-0.05, 0) is 32.3 Å². The van der Waals surface area contributed by atoms with E-state index in [-0.39, 0.29) is 26.2 Å². The summed E-state index contributed by atoms with van der Waals surface area (Å²) in [6.07, 6.45) is 0.797. The van der Waals surface area contributed by atoms with Crippen molar-refractivity contribution in [2.24, 2.45) is 11.7 Å². The van der Waals surface area contributed by atoms with E-state index in [2.05, 4.69) is 10.6 Å². The Morgan fingerprint density at radius 1 is 0.914 bits per heavy atom. The van der Waals surface area contributed by atoms with Gasteiger partial charge in [-0.25, -0.2) is 4.79 Å². The number of unbranched alkanes of at least 4 members (excludes halogenated alkanes) is 2. The second-order valence-electron chi connectivity index (χ2n) is 7.61. The lowest BCUT2D eigenvalue weighted by Gasteiger charge is -2.23. The Morgan fingerprint density at radius 2 is 1.60 bits per heavy atom. The quantitative estimate of drug-likeness (QED) is 0.177. The van der Waals surface area contributed by atoms with Gasteiger partial charge in [0, 0.05) is 13.0 Å². The molecule has 1 rings (SSSR count). The number of benzene rings is 1. The van der Waals surface area contributed by atoms with Crippen LogP contribution >= 0.6 is 0 Å². The molecular weight excluding hydrogens is 458 g/mol. The van der Waals surface area contributed by atoms with Gasteiger partial charge >= 0.3 is 18.0 Å². The van der Waals surface area contributed by atoms with Crippen molar-refractivity contribution in [1.29, 1.82) is 0 Å². The highest BCUT2D eigenvalue weighted by Crippen LogP contribution is 2.14. The zero-order chi connectivity index (χ0) is 26.1. The third-order valence-corrected chi connectivity index (χ3v) is 4.87. The zero-order valence-electron chi connectivity index (χ0n) is 20.2. The fraction of sp³-hybridized carbons (Fsp3) is 0.542. The number of hydrogen-bond donors (Lipinski definition) is 3. The monoisotopic (exact) mass is 493 g/mol. The fourth-order valence-electron chi connectivity index (χ4n) is 3.15. The van der Waals surface area contributed by atoms with Crippen LogP contribution in [0.1, 0.15) is 51.5 Å². The van der Waals surface area contributed by atoms with Crippen LogP contribution in [0, 0.1) is 5.92 Å². The highest BCUT2D eigenvalue weighted by molar-refractivity contribution is 5.92. The van der Waals surface area contributed by atoms with Crippen LogP contribution in [0.4, 0.5) is 4.79 Å². The number of rotatable bonds is 16. The first-order valence-corrected chi connectivity index (χ1v) is 11.6. The van der Waals surface area contributed by atoms with Crippen LogP contribution in [0.5, 0.6) is 0 Å². The molecule has 3 amide bonds. The Hall–Kier alpha value is -3.63. The number of amides is 3. The molecule has 1 aromatic rings. The SMILES string of the molecule is CCOC(=O)C[C@@H](C(=O)OCC)[C@H](NC(=O)CCCCCNC(=O)OCc1ccccc1)C(N)=O. The van der Waals surface area contributed by atoms with Crippen LogP contribution in [0.3, 0.4) is 0 Å². The summed E-state index contributed by atoms with van der Waals surface area (Å²) in [6, 6.07) is 7.89. The van der Waals surface area contributed by atoms with Crippen molar-refractivity contribution in [1.82, 2.24) is 10.6 Å². The molecule has 2 atom stereocenters. The number of esters is 2. The van der Waals surface area contributed by atoms with Crippen LogP contribution in [-0.4, -0.2) is 55.6 Å². The minimum absolute atomic E-state index is 0.0332. The van der Waals surface area contributed by atoms with Gasteiger partial charge in [0.25, 0.3) is 0 Å². The van der Waals surface area contributed by atoms with Gasteiger partial charge in [-0.2, -0.15) is 0 Å². The second-order valence-corrected chi connectivity index (χ2v) is 7.61. The zero-order valence-corrected chi connectivity index (χ0v) is 20.2. The van der Waals surface area contributed by atoms with Gasteiger partial charge in [0.15, 0.2) is 0 Å².